The van der Waals surface area contributed by atoms with Crippen molar-refractivity contribution >= 4 is 39.1 Å². The van der Waals surface area contributed by atoms with Gasteiger partial charge in [-0.05, 0) is 36.2 Å². The zero-order chi connectivity index (χ0) is 27.3. The van der Waals surface area contributed by atoms with Crippen LogP contribution >= 0.6 is 11.6 Å². The van der Waals surface area contributed by atoms with Gasteiger partial charge < -0.3 is 10.1 Å². The second-order valence-electron chi connectivity index (χ2n) is 8.58. The monoisotopic (exact) mass is 548 g/mol. The maximum atomic E-state index is 13.0. The number of hydrogen-bond acceptors (Lipinski definition) is 7. The number of pyridine rings is 1. The number of esters is 1. The second-order valence-corrected chi connectivity index (χ2v) is 11.0. The molecule has 0 spiro atoms. The van der Waals surface area contributed by atoms with E-state index in [1.54, 1.807) is 39.8 Å². The summed E-state index contributed by atoms with van der Waals surface area (Å²) < 4.78 is 33.6. The van der Waals surface area contributed by atoms with Crippen molar-refractivity contribution in [3.05, 3.63) is 75.3 Å². The molecule has 0 bridgehead atoms. The van der Waals surface area contributed by atoms with Gasteiger partial charge in [0.15, 0.2) is 0 Å². The number of amides is 1. The number of ether oxygens (including phenoxy) is 1. The van der Waals surface area contributed by atoms with Gasteiger partial charge in [-0.15, -0.1) is 0 Å². The molecule has 12 heteroatoms. The molecule has 3 rings (SSSR count). The molecule has 37 heavy (non-hydrogen) atoms. The van der Waals surface area contributed by atoms with Crippen LogP contribution < -0.4 is 10.9 Å². The average Bonchev–Trinajstić information content (AvgIpc) is 2.86. The second kappa shape index (κ2) is 11.8. The first-order chi connectivity index (χ1) is 17.5. The summed E-state index contributed by atoms with van der Waals surface area (Å²) in [7, 11) is -3.76. The van der Waals surface area contributed by atoms with Crippen molar-refractivity contribution in [3.8, 4) is 0 Å². The van der Waals surface area contributed by atoms with Gasteiger partial charge in [0.1, 0.15) is 18.3 Å². The van der Waals surface area contributed by atoms with Crippen LogP contribution in [0.25, 0.3) is 5.65 Å². The number of nitrogens with zero attached hydrogens (tertiary/aromatic N) is 3. The van der Waals surface area contributed by atoms with E-state index in [1.807, 2.05) is 0 Å². The third-order valence-corrected chi connectivity index (χ3v) is 7.95. The molecule has 0 saturated carbocycles. The minimum atomic E-state index is -3.76. The number of rotatable bonds is 10. The van der Waals surface area contributed by atoms with Crippen molar-refractivity contribution in [2.75, 3.05) is 13.1 Å². The van der Waals surface area contributed by atoms with Crippen LogP contribution in [0.4, 0.5) is 0 Å². The Labute approximate surface area is 220 Å². The van der Waals surface area contributed by atoms with Crippen molar-refractivity contribution in [1.82, 2.24) is 19.0 Å². The van der Waals surface area contributed by atoms with Crippen molar-refractivity contribution in [2.45, 2.75) is 45.2 Å². The first-order valence-electron chi connectivity index (χ1n) is 11.7. The molecule has 0 unspecified atom stereocenters. The summed E-state index contributed by atoms with van der Waals surface area (Å²) in [5.41, 5.74) is 0.293. The quantitative estimate of drug-likeness (QED) is 0.386. The van der Waals surface area contributed by atoms with Crippen LogP contribution in [0, 0.1) is 5.92 Å². The van der Waals surface area contributed by atoms with Crippen molar-refractivity contribution in [1.29, 1.82) is 0 Å². The number of carbonyl (C=O) groups is 2. The summed E-state index contributed by atoms with van der Waals surface area (Å²) >= 11 is 5.92. The zero-order valence-electron chi connectivity index (χ0n) is 21.0. The average molecular weight is 549 g/mol. The molecule has 1 atom stereocenters. The number of fused-ring (bicyclic) bond motifs is 1. The number of benzene rings is 1. The Morgan fingerprint density at radius 3 is 2.49 bits per heavy atom. The highest BCUT2D eigenvalue weighted by Gasteiger charge is 2.28. The highest BCUT2D eigenvalue weighted by molar-refractivity contribution is 7.89. The standard InChI is InChI=1S/C25H29ClN4O6S/c1-5-29(6-2)37(34,35)20-9-7-8-17(12-20)24(32)28-23(16(3)4)25(33)36-15-19-13-22(31)30-14-18(26)10-11-21(30)27-19/h7-14,16,23H,5-6,15H2,1-4H3,(H,28,32)/t23-/m0/s1. The van der Waals surface area contributed by atoms with Crippen LogP contribution in [0.15, 0.2) is 58.4 Å². The topological polar surface area (TPSA) is 127 Å². The fourth-order valence-electron chi connectivity index (χ4n) is 3.67. The van der Waals surface area contributed by atoms with Gasteiger partial charge in [0.05, 0.1) is 15.6 Å². The molecule has 0 radical (unpaired) electrons. The van der Waals surface area contributed by atoms with E-state index in [-0.39, 0.29) is 34.2 Å². The molecular weight excluding hydrogens is 520 g/mol. The minimum Gasteiger partial charge on any atom is -0.458 e. The fraction of sp³-hybridized carbons (Fsp3) is 0.360. The van der Waals surface area contributed by atoms with E-state index in [9.17, 15) is 22.8 Å². The number of nitrogens with one attached hydrogen (secondary N) is 1. The molecule has 2 heterocycles. The molecule has 1 amide bonds. The van der Waals surface area contributed by atoms with Gasteiger partial charge in [0.25, 0.3) is 11.5 Å². The third-order valence-electron chi connectivity index (χ3n) is 5.69. The van der Waals surface area contributed by atoms with Crippen LogP contribution in [-0.4, -0.2) is 53.1 Å². The number of aromatic nitrogens is 2. The van der Waals surface area contributed by atoms with E-state index in [0.29, 0.717) is 23.8 Å². The van der Waals surface area contributed by atoms with E-state index in [4.69, 9.17) is 16.3 Å². The fourth-order valence-corrected chi connectivity index (χ4v) is 5.33. The van der Waals surface area contributed by atoms with Crippen LogP contribution in [0.3, 0.4) is 0 Å². The lowest BCUT2D eigenvalue weighted by Crippen LogP contribution is -2.45. The molecular formula is C25H29ClN4O6S. The lowest BCUT2D eigenvalue weighted by molar-refractivity contribution is -0.148. The Bertz CT molecular complexity index is 1470. The maximum absolute atomic E-state index is 13.0. The van der Waals surface area contributed by atoms with Gasteiger partial charge in [-0.25, -0.2) is 18.2 Å². The number of carbonyl (C=O) groups excluding carboxylic acids is 2. The van der Waals surface area contributed by atoms with Crippen LogP contribution in [-0.2, 0) is 26.2 Å². The summed E-state index contributed by atoms with van der Waals surface area (Å²) in [6, 6.07) is 9.03. The molecule has 0 fully saturated rings. The Morgan fingerprint density at radius 1 is 1.14 bits per heavy atom. The molecule has 2 aromatic heterocycles. The maximum Gasteiger partial charge on any atom is 0.329 e. The molecule has 1 N–H and O–H groups in total. The predicted molar refractivity (Wildman–Crippen MR) is 139 cm³/mol. The SMILES string of the molecule is CCN(CC)S(=O)(=O)c1cccc(C(=O)N[C@H](C(=O)OCc2cc(=O)n3cc(Cl)ccc3n2)C(C)C)c1. The van der Waals surface area contributed by atoms with Crippen LogP contribution in [0.5, 0.6) is 0 Å². The molecule has 10 nitrogen and oxygen atoms in total. The summed E-state index contributed by atoms with van der Waals surface area (Å²) in [6.07, 6.45) is 1.44. The molecule has 0 saturated heterocycles. The van der Waals surface area contributed by atoms with E-state index < -0.39 is 27.9 Å². The van der Waals surface area contributed by atoms with Gasteiger partial charge in [-0.1, -0.05) is 45.4 Å². The molecule has 0 aliphatic carbocycles. The molecule has 0 aliphatic rings. The number of sulfonamides is 1. The Hall–Kier alpha value is -3.28. The number of halogens is 1. The first-order valence-corrected chi connectivity index (χ1v) is 13.5. The first kappa shape index (κ1) is 28.3. The molecule has 3 aromatic rings. The van der Waals surface area contributed by atoms with E-state index in [2.05, 4.69) is 10.3 Å². The Kier molecular flexibility index (Phi) is 9.06. The van der Waals surface area contributed by atoms with Gasteiger partial charge in [0.2, 0.25) is 10.0 Å². The summed E-state index contributed by atoms with van der Waals surface area (Å²) in [6.45, 7) is 7.25. The third kappa shape index (κ3) is 6.54. The summed E-state index contributed by atoms with van der Waals surface area (Å²) in [5.74, 6) is -1.67. The predicted octanol–water partition coefficient (Wildman–Crippen LogP) is 2.88. The van der Waals surface area contributed by atoms with Gasteiger partial charge in [-0.3, -0.25) is 14.0 Å². The normalized spacial score (nSPS) is 12.6. The minimum absolute atomic E-state index is 0.0116. The lowest BCUT2D eigenvalue weighted by atomic mass is 10.0. The summed E-state index contributed by atoms with van der Waals surface area (Å²) in [5, 5.41) is 3.01. The highest BCUT2D eigenvalue weighted by Crippen LogP contribution is 2.18. The lowest BCUT2D eigenvalue weighted by Gasteiger charge is -2.21. The summed E-state index contributed by atoms with van der Waals surface area (Å²) in [4.78, 5) is 42.4. The van der Waals surface area contributed by atoms with E-state index in [0.717, 1.165) is 0 Å². The van der Waals surface area contributed by atoms with Gasteiger partial charge in [0, 0.05) is 30.9 Å². The molecule has 0 aliphatic heterocycles. The molecule has 198 valence electrons. The highest BCUT2D eigenvalue weighted by atomic mass is 35.5. The van der Waals surface area contributed by atoms with E-state index in [1.165, 1.54) is 45.2 Å². The van der Waals surface area contributed by atoms with Gasteiger partial charge in [-0.2, -0.15) is 4.31 Å². The number of hydrogen-bond donors (Lipinski definition) is 1. The largest absolute Gasteiger partial charge is 0.458 e. The molecule has 1 aromatic carbocycles. The van der Waals surface area contributed by atoms with Crippen LogP contribution in [0.2, 0.25) is 5.02 Å². The van der Waals surface area contributed by atoms with E-state index >= 15 is 0 Å². The van der Waals surface area contributed by atoms with Gasteiger partial charge >= 0.3 is 5.97 Å². The smallest absolute Gasteiger partial charge is 0.329 e. The Morgan fingerprint density at radius 2 is 1.84 bits per heavy atom. The Balaban J connectivity index is 1.74. The van der Waals surface area contributed by atoms with Crippen molar-refractivity contribution in [3.63, 3.8) is 0 Å². The van der Waals surface area contributed by atoms with Crippen molar-refractivity contribution < 1.29 is 22.7 Å². The van der Waals surface area contributed by atoms with Crippen molar-refractivity contribution in [2.24, 2.45) is 5.92 Å². The van der Waals surface area contributed by atoms with Crippen LogP contribution in [0.1, 0.15) is 43.7 Å². The zero-order valence-corrected chi connectivity index (χ0v) is 22.5.